The van der Waals surface area contributed by atoms with Crippen molar-refractivity contribution in [2.45, 2.75) is 0 Å². The molecule has 0 aromatic heterocycles. The minimum Gasteiger partial charge on any atom is -0.378 e. The van der Waals surface area contributed by atoms with Crippen molar-refractivity contribution in [3.8, 4) is 0 Å². The van der Waals surface area contributed by atoms with Gasteiger partial charge < -0.3 is 15.0 Å². The predicted octanol–water partition coefficient (Wildman–Crippen LogP) is 4.50. The highest BCUT2D eigenvalue weighted by Gasteiger charge is 2.15. The average molecular weight is 467 g/mol. The van der Waals surface area contributed by atoms with Crippen LogP contribution in [0.15, 0.2) is 46.9 Å². The number of halogens is 2. The van der Waals surface area contributed by atoms with Crippen LogP contribution in [0.3, 0.4) is 0 Å². The molecule has 2 aromatic carbocycles. The minimum absolute atomic E-state index is 0.0526. The van der Waals surface area contributed by atoms with Crippen molar-refractivity contribution >= 4 is 56.6 Å². The summed E-state index contributed by atoms with van der Waals surface area (Å²) in [7, 11) is 0. The second-order valence-electron chi connectivity index (χ2n) is 6.06. The van der Waals surface area contributed by atoms with E-state index < -0.39 is 4.92 Å². The fourth-order valence-corrected chi connectivity index (χ4v) is 3.59. The van der Waals surface area contributed by atoms with Gasteiger partial charge in [0.05, 0.1) is 23.8 Å². The number of hydrogen-bond donors (Lipinski definition) is 1. The molecule has 3 rings (SSSR count). The summed E-state index contributed by atoms with van der Waals surface area (Å²) in [6, 6.07) is 9.96. The Morgan fingerprint density at radius 3 is 2.68 bits per heavy atom. The van der Waals surface area contributed by atoms with Gasteiger partial charge in [-0.1, -0.05) is 17.7 Å². The van der Waals surface area contributed by atoms with Crippen LogP contribution in [0.5, 0.6) is 0 Å². The first-order valence-electron chi connectivity index (χ1n) is 8.49. The number of benzene rings is 2. The van der Waals surface area contributed by atoms with Crippen LogP contribution in [-0.4, -0.2) is 37.1 Å². The first-order chi connectivity index (χ1) is 13.4. The van der Waals surface area contributed by atoms with E-state index in [2.05, 4.69) is 26.1 Å². The molecule has 2 aromatic rings. The lowest BCUT2D eigenvalue weighted by molar-refractivity contribution is -0.384. The number of morpholine rings is 1. The van der Waals surface area contributed by atoms with Crippen molar-refractivity contribution in [2.24, 2.45) is 0 Å². The number of amides is 1. The Balaban J connectivity index is 1.66. The number of carbonyl (C=O) groups excluding carboxylic acids is 1. The maximum absolute atomic E-state index is 12.2. The average Bonchev–Trinajstić information content (AvgIpc) is 2.68. The Kier molecular flexibility index (Phi) is 6.66. The number of nitro groups is 1. The van der Waals surface area contributed by atoms with Gasteiger partial charge in [0.15, 0.2) is 0 Å². The lowest BCUT2D eigenvalue weighted by atomic mass is 10.2. The maximum Gasteiger partial charge on any atom is 0.288 e. The second-order valence-corrected chi connectivity index (χ2v) is 7.32. The summed E-state index contributed by atoms with van der Waals surface area (Å²) in [4.78, 5) is 24.8. The third-order valence-corrected chi connectivity index (χ3v) is 5.12. The third kappa shape index (κ3) is 5.09. The van der Waals surface area contributed by atoms with E-state index in [1.165, 1.54) is 24.3 Å². The van der Waals surface area contributed by atoms with Crippen molar-refractivity contribution in [2.75, 3.05) is 36.5 Å². The second kappa shape index (κ2) is 9.18. The number of rotatable bonds is 5. The predicted molar refractivity (Wildman–Crippen MR) is 113 cm³/mol. The van der Waals surface area contributed by atoms with Gasteiger partial charge in [-0.25, -0.2) is 0 Å². The molecule has 0 radical (unpaired) electrons. The number of nitrogens with zero attached hydrogens (tertiary/aromatic N) is 2. The van der Waals surface area contributed by atoms with Crippen LogP contribution in [0, 0.1) is 10.1 Å². The largest absolute Gasteiger partial charge is 0.378 e. The summed E-state index contributed by atoms with van der Waals surface area (Å²) in [5.41, 5.74) is 1.99. The summed E-state index contributed by atoms with van der Waals surface area (Å²) < 4.78 is 6.24. The Morgan fingerprint density at radius 2 is 2.00 bits per heavy atom. The number of hydrogen-bond acceptors (Lipinski definition) is 5. The van der Waals surface area contributed by atoms with E-state index in [1.54, 1.807) is 6.07 Å². The molecule has 1 heterocycles. The van der Waals surface area contributed by atoms with Gasteiger partial charge in [-0.3, -0.25) is 14.9 Å². The molecular weight excluding hydrogens is 450 g/mol. The van der Waals surface area contributed by atoms with Gasteiger partial charge in [0.1, 0.15) is 5.02 Å². The number of nitrogens with one attached hydrogen (secondary N) is 1. The Hall–Kier alpha value is -2.42. The molecule has 0 saturated carbocycles. The first-order valence-corrected chi connectivity index (χ1v) is 9.66. The molecule has 1 amide bonds. The Morgan fingerprint density at radius 1 is 1.25 bits per heavy atom. The van der Waals surface area contributed by atoms with Gasteiger partial charge in [0.25, 0.3) is 5.69 Å². The van der Waals surface area contributed by atoms with Crippen LogP contribution in [0.1, 0.15) is 5.56 Å². The zero-order valence-corrected chi connectivity index (χ0v) is 17.1. The quantitative estimate of drug-likeness (QED) is 0.398. The number of anilines is 2. The molecule has 0 unspecified atom stereocenters. The Bertz CT molecular complexity index is 929. The van der Waals surface area contributed by atoms with Crippen LogP contribution >= 0.6 is 27.5 Å². The molecule has 9 heteroatoms. The summed E-state index contributed by atoms with van der Waals surface area (Å²) in [5, 5.41) is 13.8. The normalized spacial score (nSPS) is 14.3. The summed E-state index contributed by atoms with van der Waals surface area (Å²) in [6.45, 7) is 3.03. The summed E-state index contributed by atoms with van der Waals surface area (Å²) in [5.74, 6) is -0.344. The SMILES string of the molecule is O=C(/C=C/c1ccc(Cl)c([N+](=O)[O-])c1)Nc1ccc(N2CCOCC2)c(Br)c1. The van der Waals surface area contributed by atoms with Gasteiger partial charge in [-0.05, 0) is 51.8 Å². The van der Waals surface area contributed by atoms with Gasteiger partial charge in [-0.2, -0.15) is 0 Å². The fraction of sp³-hybridized carbons (Fsp3) is 0.211. The number of carbonyl (C=O) groups is 1. The number of nitro benzene ring substituents is 1. The first kappa shape index (κ1) is 20.3. The van der Waals surface area contributed by atoms with E-state index in [4.69, 9.17) is 16.3 Å². The Labute approximate surface area is 175 Å². The zero-order chi connectivity index (χ0) is 20.1. The van der Waals surface area contributed by atoms with E-state index in [9.17, 15) is 14.9 Å². The highest BCUT2D eigenvalue weighted by atomic mass is 79.9. The van der Waals surface area contributed by atoms with Crippen molar-refractivity contribution in [1.29, 1.82) is 0 Å². The standard InChI is InChI=1S/C19H17BrClN3O4/c20-15-12-14(3-5-17(15)23-7-9-28-10-8-23)22-19(25)6-2-13-1-4-16(21)18(11-13)24(26)27/h1-6,11-12H,7-10H2,(H,22,25)/b6-2+. The van der Waals surface area contributed by atoms with Crippen molar-refractivity contribution < 1.29 is 14.5 Å². The molecule has 1 aliphatic heterocycles. The molecule has 0 aliphatic carbocycles. The van der Waals surface area contributed by atoms with Crippen molar-refractivity contribution in [3.63, 3.8) is 0 Å². The molecule has 1 saturated heterocycles. The number of ether oxygens (including phenoxy) is 1. The monoisotopic (exact) mass is 465 g/mol. The molecule has 1 N–H and O–H groups in total. The van der Waals surface area contributed by atoms with E-state index in [-0.39, 0.29) is 16.6 Å². The molecule has 1 aliphatic rings. The van der Waals surface area contributed by atoms with Gasteiger partial charge >= 0.3 is 0 Å². The molecule has 146 valence electrons. The minimum atomic E-state index is -0.562. The van der Waals surface area contributed by atoms with E-state index in [0.717, 1.165) is 23.2 Å². The smallest absolute Gasteiger partial charge is 0.288 e. The zero-order valence-electron chi connectivity index (χ0n) is 14.7. The van der Waals surface area contributed by atoms with Crippen molar-refractivity contribution in [3.05, 3.63) is 67.6 Å². The molecule has 28 heavy (non-hydrogen) atoms. The van der Waals surface area contributed by atoms with Gasteiger partial charge in [-0.15, -0.1) is 0 Å². The highest BCUT2D eigenvalue weighted by molar-refractivity contribution is 9.10. The lowest BCUT2D eigenvalue weighted by Gasteiger charge is -2.29. The fourth-order valence-electron chi connectivity index (χ4n) is 2.77. The topological polar surface area (TPSA) is 84.7 Å². The van der Waals surface area contributed by atoms with E-state index in [1.807, 2.05) is 18.2 Å². The van der Waals surface area contributed by atoms with Crippen LogP contribution < -0.4 is 10.2 Å². The van der Waals surface area contributed by atoms with E-state index in [0.29, 0.717) is 24.5 Å². The van der Waals surface area contributed by atoms with Crippen molar-refractivity contribution in [1.82, 2.24) is 0 Å². The van der Waals surface area contributed by atoms with Crippen LogP contribution in [0.4, 0.5) is 17.1 Å². The molecule has 0 spiro atoms. The van der Waals surface area contributed by atoms with Crippen LogP contribution in [-0.2, 0) is 9.53 Å². The molecule has 1 fully saturated rings. The van der Waals surface area contributed by atoms with Gasteiger partial charge in [0.2, 0.25) is 5.91 Å². The van der Waals surface area contributed by atoms with Crippen LogP contribution in [0.25, 0.3) is 6.08 Å². The lowest BCUT2D eigenvalue weighted by Crippen LogP contribution is -2.36. The van der Waals surface area contributed by atoms with E-state index >= 15 is 0 Å². The van der Waals surface area contributed by atoms with Crippen LogP contribution in [0.2, 0.25) is 5.02 Å². The molecule has 0 atom stereocenters. The molecular formula is C19H17BrClN3O4. The molecule has 0 bridgehead atoms. The molecule has 7 nitrogen and oxygen atoms in total. The third-order valence-electron chi connectivity index (χ3n) is 4.16. The summed E-state index contributed by atoms with van der Waals surface area (Å²) >= 11 is 9.33. The summed E-state index contributed by atoms with van der Waals surface area (Å²) in [6.07, 6.45) is 2.81. The van der Waals surface area contributed by atoms with Gasteiger partial charge in [0, 0.05) is 35.4 Å². The highest BCUT2D eigenvalue weighted by Crippen LogP contribution is 2.30. The maximum atomic E-state index is 12.2.